The van der Waals surface area contributed by atoms with Crippen molar-refractivity contribution < 1.29 is 4.92 Å². The van der Waals surface area contributed by atoms with Gasteiger partial charge in [-0.05, 0) is 18.8 Å². The van der Waals surface area contributed by atoms with Crippen LogP contribution in [0.25, 0.3) is 0 Å². The average molecular weight is 262 g/mol. The maximum atomic E-state index is 10.7. The number of aryl methyl sites for hydroxylation is 2. The van der Waals surface area contributed by atoms with E-state index in [0.29, 0.717) is 23.8 Å². The van der Waals surface area contributed by atoms with Crippen LogP contribution < -0.4 is 5.32 Å². The lowest BCUT2D eigenvalue weighted by molar-refractivity contribution is -0.390. The van der Waals surface area contributed by atoms with Crippen molar-refractivity contribution in [2.45, 2.75) is 20.4 Å². The second kappa shape index (κ2) is 5.01. The van der Waals surface area contributed by atoms with Crippen LogP contribution in [-0.4, -0.2) is 31.7 Å². The van der Waals surface area contributed by atoms with E-state index in [0.717, 1.165) is 5.69 Å². The number of rotatable bonds is 4. The Morgan fingerprint density at radius 2 is 2.16 bits per heavy atom. The van der Waals surface area contributed by atoms with E-state index in [-0.39, 0.29) is 5.82 Å². The summed E-state index contributed by atoms with van der Waals surface area (Å²) in [5.41, 5.74) is 1.35. The summed E-state index contributed by atoms with van der Waals surface area (Å²) < 4.78 is 1.47. The van der Waals surface area contributed by atoms with Crippen molar-refractivity contribution in [3.63, 3.8) is 0 Å². The summed E-state index contributed by atoms with van der Waals surface area (Å²) in [4.78, 5) is 18.8. The van der Waals surface area contributed by atoms with Crippen LogP contribution in [0.1, 0.15) is 17.1 Å². The minimum Gasteiger partial charge on any atom is -0.373 e. The normalized spacial score (nSPS) is 10.5. The van der Waals surface area contributed by atoms with Gasteiger partial charge in [-0.25, -0.2) is 9.97 Å². The van der Waals surface area contributed by atoms with Crippen LogP contribution in [0.2, 0.25) is 0 Å². The van der Waals surface area contributed by atoms with E-state index in [1.807, 2.05) is 13.0 Å². The van der Waals surface area contributed by atoms with Gasteiger partial charge >= 0.3 is 5.82 Å². The molecule has 0 saturated heterocycles. The number of nitro groups is 1. The molecule has 100 valence electrons. The lowest BCUT2D eigenvalue weighted by Crippen LogP contribution is -2.08. The van der Waals surface area contributed by atoms with E-state index in [4.69, 9.17) is 0 Å². The van der Waals surface area contributed by atoms with Crippen molar-refractivity contribution >= 4 is 11.6 Å². The first-order valence-corrected chi connectivity index (χ1v) is 5.70. The molecule has 19 heavy (non-hydrogen) atoms. The van der Waals surface area contributed by atoms with Crippen LogP contribution >= 0.6 is 0 Å². The largest absolute Gasteiger partial charge is 0.392 e. The highest BCUT2D eigenvalue weighted by Crippen LogP contribution is 2.14. The molecule has 0 saturated carbocycles. The Hall–Kier alpha value is -2.51. The van der Waals surface area contributed by atoms with Gasteiger partial charge in [-0.15, -0.1) is 0 Å². The van der Waals surface area contributed by atoms with Gasteiger partial charge in [-0.2, -0.15) is 4.68 Å². The molecule has 2 aromatic rings. The van der Waals surface area contributed by atoms with Gasteiger partial charge in [0.1, 0.15) is 12.4 Å². The van der Waals surface area contributed by atoms with Gasteiger partial charge in [-0.3, -0.25) is 0 Å². The molecule has 8 nitrogen and oxygen atoms in total. The zero-order chi connectivity index (χ0) is 14.0. The van der Waals surface area contributed by atoms with Crippen molar-refractivity contribution in [3.8, 4) is 0 Å². The smallest absolute Gasteiger partial charge is 0.373 e. The Bertz CT molecular complexity index is 622. The molecule has 0 aliphatic rings. The number of hydrogen-bond acceptors (Lipinski definition) is 6. The molecule has 2 aromatic heterocycles. The van der Waals surface area contributed by atoms with E-state index in [9.17, 15) is 10.1 Å². The van der Waals surface area contributed by atoms with Gasteiger partial charge in [0.2, 0.25) is 0 Å². The quantitative estimate of drug-likeness (QED) is 0.658. The summed E-state index contributed by atoms with van der Waals surface area (Å²) in [6.45, 7) is 3.81. The zero-order valence-corrected chi connectivity index (χ0v) is 10.9. The SMILES string of the molecule is CNc1cc(C)nc(Cn2cc(C)c([N+](=O)[O-])n2)n1. The lowest BCUT2D eigenvalue weighted by Gasteiger charge is -2.03. The Labute approximate surface area is 109 Å². The summed E-state index contributed by atoms with van der Waals surface area (Å²) >= 11 is 0. The highest BCUT2D eigenvalue weighted by Gasteiger charge is 2.17. The van der Waals surface area contributed by atoms with Crippen molar-refractivity contribution in [1.29, 1.82) is 0 Å². The molecule has 8 heteroatoms. The Morgan fingerprint density at radius 3 is 2.74 bits per heavy atom. The summed E-state index contributed by atoms with van der Waals surface area (Å²) in [6, 6.07) is 1.82. The molecule has 0 unspecified atom stereocenters. The lowest BCUT2D eigenvalue weighted by atomic mass is 10.4. The molecule has 0 radical (unpaired) electrons. The molecule has 0 aliphatic heterocycles. The average Bonchev–Trinajstić information content (AvgIpc) is 2.69. The van der Waals surface area contributed by atoms with Crippen LogP contribution in [0.3, 0.4) is 0 Å². The predicted octanol–water partition coefficient (Wildman–Crippen LogP) is 1.29. The van der Waals surface area contributed by atoms with Crippen molar-refractivity contribution in [1.82, 2.24) is 19.7 Å². The van der Waals surface area contributed by atoms with E-state index < -0.39 is 4.92 Å². The molecule has 1 N–H and O–H groups in total. The Morgan fingerprint density at radius 1 is 1.42 bits per heavy atom. The molecular formula is C11H14N6O2. The first kappa shape index (κ1) is 12.9. The topological polar surface area (TPSA) is 98.8 Å². The molecule has 0 atom stereocenters. The van der Waals surface area contributed by atoms with Crippen molar-refractivity contribution in [2.24, 2.45) is 0 Å². The Balaban J connectivity index is 2.28. The fourth-order valence-corrected chi connectivity index (χ4v) is 1.75. The number of aromatic nitrogens is 4. The van der Waals surface area contributed by atoms with Crippen LogP contribution in [0.5, 0.6) is 0 Å². The van der Waals surface area contributed by atoms with Gasteiger partial charge in [0.25, 0.3) is 0 Å². The van der Waals surface area contributed by atoms with Gasteiger partial charge in [0, 0.05) is 18.8 Å². The molecule has 2 heterocycles. The Kier molecular flexibility index (Phi) is 3.41. The third-order valence-corrected chi connectivity index (χ3v) is 2.55. The van der Waals surface area contributed by atoms with E-state index in [1.54, 1.807) is 20.2 Å². The number of nitrogens with zero attached hydrogens (tertiary/aromatic N) is 5. The van der Waals surface area contributed by atoms with Gasteiger partial charge < -0.3 is 15.4 Å². The number of hydrogen-bond donors (Lipinski definition) is 1. The monoisotopic (exact) mass is 262 g/mol. The van der Waals surface area contributed by atoms with Gasteiger partial charge in [0.15, 0.2) is 5.82 Å². The van der Waals surface area contributed by atoms with Crippen molar-refractivity contribution in [2.75, 3.05) is 12.4 Å². The van der Waals surface area contributed by atoms with Crippen LogP contribution in [0.4, 0.5) is 11.6 Å². The van der Waals surface area contributed by atoms with Crippen LogP contribution in [0.15, 0.2) is 12.3 Å². The second-order valence-corrected chi connectivity index (χ2v) is 4.15. The van der Waals surface area contributed by atoms with Gasteiger partial charge in [-0.1, -0.05) is 0 Å². The minimum atomic E-state index is -0.498. The van der Waals surface area contributed by atoms with E-state index >= 15 is 0 Å². The number of anilines is 1. The van der Waals surface area contributed by atoms with E-state index in [1.165, 1.54) is 4.68 Å². The zero-order valence-electron chi connectivity index (χ0n) is 10.9. The molecule has 0 aromatic carbocycles. The third-order valence-electron chi connectivity index (χ3n) is 2.55. The molecule has 0 fully saturated rings. The summed E-state index contributed by atoms with van der Waals surface area (Å²) in [5, 5.41) is 17.6. The van der Waals surface area contributed by atoms with Crippen molar-refractivity contribution in [3.05, 3.63) is 39.5 Å². The van der Waals surface area contributed by atoms with Crippen LogP contribution in [-0.2, 0) is 6.54 Å². The standard InChI is InChI=1S/C11H14N6O2/c1-7-5-16(15-11(7)17(18)19)6-10-13-8(2)4-9(12-3)14-10/h4-5H,6H2,1-3H3,(H,12,13,14). The molecular weight excluding hydrogens is 248 g/mol. The van der Waals surface area contributed by atoms with Gasteiger partial charge in [0.05, 0.1) is 16.9 Å². The molecule has 2 rings (SSSR count). The minimum absolute atomic E-state index is 0.138. The fraction of sp³-hybridized carbons (Fsp3) is 0.364. The molecule has 0 bridgehead atoms. The van der Waals surface area contributed by atoms with Crippen LogP contribution in [0, 0.1) is 24.0 Å². The van der Waals surface area contributed by atoms with E-state index in [2.05, 4.69) is 20.4 Å². The first-order valence-electron chi connectivity index (χ1n) is 5.70. The number of nitrogens with one attached hydrogen (secondary N) is 1. The fourth-order valence-electron chi connectivity index (χ4n) is 1.75. The maximum absolute atomic E-state index is 10.7. The predicted molar refractivity (Wildman–Crippen MR) is 69.0 cm³/mol. The molecule has 0 spiro atoms. The summed E-state index contributed by atoms with van der Waals surface area (Å²) in [6.07, 6.45) is 1.61. The summed E-state index contributed by atoms with van der Waals surface area (Å²) in [7, 11) is 1.77. The maximum Gasteiger partial charge on any atom is 0.392 e. The highest BCUT2D eigenvalue weighted by atomic mass is 16.6. The summed E-state index contributed by atoms with van der Waals surface area (Å²) in [5.74, 6) is 1.13. The molecule has 0 aliphatic carbocycles. The molecule has 0 amide bonds. The third kappa shape index (κ3) is 2.84. The highest BCUT2D eigenvalue weighted by molar-refractivity contribution is 5.35. The second-order valence-electron chi connectivity index (χ2n) is 4.15. The first-order chi connectivity index (χ1) is 8.99.